The van der Waals surface area contributed by atoms with Crippen molar-refractivity contribution in [3.8, 4) is 0 Å². The molecule has 0 aliphatic carbocycles. The van der Waals surface area contributed by atoms with Gasteiger partial charge in [-0.2, -0.15) is 0 Å². The first kappa shape index (κ1) is 18.0. The van der Waals surface area contributed by atoms with Crippen LogP contribution in [-0.2, 0) is 19.9 Å². The molecule has 1 aliphatic heterocycles. The Morgan fingerprint density at radius 3 is 2.40 bits per heavy atom. The van der Waals surface area contributed by atoms with E-state index in [2.05, 4.69) is 56.5 Å². The predicted molar refractivity (Wildman–Crippen MR) is 96.1 cm³/mol. The lowest BCUT2D eigenvalue weighted by Gasteiger charge is -2.29. The molecule has 1 aromatic heterocycles. The Bertz CT molecular complexity index is 661. The number of hydrogen-bond acceptors (Lipinski definition) is 6. The highest BCUT2D eigenvalue weighted by atomic mass is 16.3. The number of nitrogens with zero attached hydrogens (tertiary/aromatic N) is 6. The number of aliphatic hydroxyl groups excluding tert-OH is 1. The third kappa shape index (κ3) is 4.42. The summed E-state index contributed by atoms with van der Waals surface area (Å²) in [5, 5.41) is 22.2. The van der Waals surface area contributed by atoms with Crippen molar-refractivity contribution in [2.75, 3.05) is 33.2 Å². The lowest BCUT2D eigenvalue weighted by atomic mass is 10.0. The number of fused-ring (bicyclic) bond motifs is 1. The Kier molecular flexibility index (Phi) is 5.78. The maximum Gasteiger partial charge on any atom is 0.167 e. The monoisotopic (exact) mass is 344 g/mol. The van der Waals surface area contributed by atoms with Crippen LogP contribution in [0.3, 0.4) is 0 Å². The number of aryl methyl sites for hydroxylation is 1. The van der Waals surface area contributed by atoms with Crippen molar-refractivity contribution in [1.29, 1.82) is 0 Å². The van der Waals surface area contributed by atoms with E-state index in [9.17, 15) is 5.11 Å². The Morgan fingerprint density at radius 1 is 1.20 bits per heavy atom. The second-order valence-corrected chi connectivity index (χ2v) is 7.00. The summed E-state index contributed by atoms with van der Waals surface area (Å²) >= 11 is 0. The zero-order chi connectivity index (χ0) is 17.8. The number of hydrogen-bond donors (Lipinski definition) is 1. The second-order valence-electron chi connectivity index (χ2n) is 7.00. The maximum absolute atomic E-state index is 10.6. The van der Waals surface area contributed by atoms with Gasteiger partial charge < -0.3 is 10.0 Å². The van der Waals surface area contributed by atoms with Gasteiger partial charge in [0.1, 0.15) is 0 Å². The van der Waals surface area contributed by atoms with Crippen LogP contribution < -0.4 is 0 Å². The third-order valence-electron chi connectivity index (χ3n) is 5.17. The molecule has 2 atom stereocenters. The quantitative estimate of drug-likeness (QED) is 0.830. The summed E-state index contributed by atoms with van der Waals surface area (Å²) in [5.41, 5.74) is 2.89. The predicted octanol–water partition coefficient (Wildman–Crippen LogP) is 0.665. The van der Waals surface area contributed by atoms with E-state index in [0.29, 0.717) is 13.1 Å². The Hall–Kier alpha value is -1.83. The smallest absolute Gasteiger partial charge is 0.167 e. The third-order valence-corrected chi connectivity index (χ3v) is 5.17. The van der Waals surface area contributed by atoms with Crippen LogP contribution in [0.1, 0.15) is 29.9 Å². The molecule has 0 spiro atoms. The zero-order valence-electron chi connectivity index (χ0n) is 15.3. The highest BCUT2D eigenvalue weighted by Crippen LogP contribution is 2.17. The first-order valence-electron chi connectivity index (χ1n) is 8.94. The van der Waals surface area contributed by atoms with Gasteiger partial charge in [0.25, 0.3) is 0 Å². The van der Waals surface area contributed by atoms with Crippen molar-refractivity contribution in [3.05, 3.63) is 41.2 Å². The average molecular weight is 344 g/mol. The van der Waals surface area contributed by atoms with Gasteiger partial charge in [-0.25, -0.2) is 4.68 Å². The molecule has 1 aromatic carbocycles. The van der Waals surface area contributed by atoms with E-state index >= 15 is 0 Å². The van der Waals surface area contributed by atoms with Gasteiger partial charge in [-0.3, -0.25) is 4.90 Å². The molecule has 0 amide bonds. The molecule has 7 heteroatoms. The minimum absolute atomic E-state index is 0.0584. The van der Waals surface area contributed by atoms with E-state index in [1.807, 2.05) is 14.1 Å². The van der Waals surface area contributed by atoms with Crippen LogP contribution in [0.5, 0.6) is 0 Å². The molecule has 1 aliphatic rings. The van der Waals surface area contributed by atoms with Crippen LogP contribution in [0.15, 0.2) is 24.3 Å². The number of benzene rings is 1. The topological polar surface area (TPSA) is 70.3 Å². The van der Waals surface area contributed by atoms with Crippen LogP contribution in [0.25, 0.3) is 0 Å². The lowest BCUT2D eigenvalue weighted by molar-refractivity contribution is 0.0702. The fourth-order valence-corrected chi connectivity index (χ4v) is 3.53. The SMILES string of the molecule is C[C@@H](c1nnnn1C)N(C)C[C@H](O)CN1CCc2ccccc2CC1. The lowest BCUT2D eigenvalue weighted by Crippen LogP contribution is -2.41. The van der Waals surface area contributed by atoms with Crippen molar-refractivity contribution in [2.45, 2.75) is 31.9 Å². The number of likely N-dealkylation sites (N-methyl/N-ethyl adjacent to an activating group) is 1. The molecule has 1 N–H and O–H groups in total. The summed E-state index contributed by atoms with van der Waals surface area (Å²) in [6.07, 6.45) is 1.72. The fraction of sp³-hybridized carbons (Fsp3) is 0.611. The molecule has 2 heterocycles. The highest BCUT2D eigenvalue weighted by molar-refractivity contribution is 5.28. The fourth-order valence-electron chi connectivity index (χ4n) is 3.53. The van der Waals surface area contributed by atoms with Crippen LogP contribution in [0.4, 0.5) is 0 Å². The van der Waals surface area contributed by atoms with E-state index in [4.69, 9.17) is 0 Å². The van der Waals surface area contributed by atoms with E-state index in [1.165, 1.54) is 11.1 Å². The van der Waals surface area contributed by atoms with Gasteiger partial charge in [-0.05, 0) is 48.4 Å². The molecule has 0 bridgehead atoms. The summed E-state index contributed by atoms with van der Waals surface area (Å²) in [7, 11) is 3.84. The van der Waals surface area contributed by atoms with Crippen LogP contribution in [0, 0.1) is 0 Å². The van der Waals surface area contributed by atoms with Gasteiger partial charge in [-0.1, -0.05) is 24.3 Å². The van der Waals surface area contributed by atoms with Gasteiger partial charge in [0.15, 0.2) is 5.82 Å². The summed E-state index contributed by atoms with van der Waals surface area (Å²) in [4.78, 5) is 4.47. The van der Waals surface area contributed by atoms with Gasteiger partial charge >= 0.3 is 0 Å². The van der Waals surface area contributed by atoms with E-state index in [0.717, 1.165) is 31.8 Å². The molecule has 25 heavy (non-hydrogen) atoms. The normalized spacial score (nSPS) is 18.0. The molecule has 3 rings (SSSR count). The highest BCUT2D eigenvalue weighted by Gasteiger charge is 2.22. The summed E-state index contributed by atoms with van der Waals surface area (Å²) in [5.74, 6) is 0.805. The molecule has 0 fully saturated rings. The van der Waals surface area contributed by atoms with Crippen molar-refractivity contribution in [1.82, 2.24) is 30.0 Å². The van der Waals surface area contributed by atoms with E-state index in [-0.39, 0.29) is 6.04 Å². The molecule has 0 unspecified atom stereocenters. The molecule has 7 nitrogen and oxygen atoms in total. The number of aliphatic hydroxyl groups is 1. The number of rotatable bonds is 6. The first-order valence-corrected chi connectivity index (χ1v) is 8.94. The molecule has 2 aromatic rings. The summed E-state index contributed by atoms with van der Waals surface area (Å²) in [6.45, 7) is 5.35. The molecule has 136 valence electrons. The number of aromatic nitrogens is 4. The second kappa shape index (κ2) is 8.03. The Labute approximate surface area is 149 Å². The van der Waals surface area contributed by atoms with Gasteiger partial charge in [0.05, 0.1) is 12.1 Å². The van der Waals surface area contributed by atoms with E-state index in [1.54, 1.807) is 4.68 Å². The van der Waals surface area contributed by atoms with Crippen LogP contribution in [0.2, 0.25) is 0 Å². The van der Waals surface area contributed by atoms with Crippen molar-refractivity contribution >= 4 is 0 Å². The van der Waals surface area contributed by atoms with Crippen molar-refractivity contribution in [3.63, 3.8) is 0 Å². The van der Waals surface area contributed by atoms with E-state index < -0.39 is 6.10 Å². The number of β-amino-alcohol motifs (C(OH)–C–C–N with tert-alkyl or cyclic N) is 1. The minimum Gasteiger partial charge on any atom is -0.390 e. The van der Waals surface area contributed by atoms with Crippen LogP contribution in [-0.4, -0.2) is 74.4 Å². The van der Waals surface area contributed by atoms with Gasteiger partial charge in [0, 0.05) is 33.2 Å². The molecular weight excluding hydrogens is 316 g/mol. The number of tetrazole rings is 1. The Morgan fingerprint density at radius 2 is 1.84 bits per heavy atom. The Balaban J connectivity index is 1.51. The minimum atomic E-state index is -0.394. The molecule has 0 saturated carbocycles. The average Bonchev–Trinajstić information content (AvgIpc) is 2.92. The molecule has 0 saturated heterocycles. The molecule has 0 radical (unpaired) electrons. The van der Waals surface area contributed by atoms with Gasteiger partial charge in [0.2, 0.25) is 0 Å². The maximum atomic E-state index is 10.6. The first-order chi connectivity index (χ1) is 12.0. The standard InChI is InChI=1S/C18H28N6O/c1-14(18-19-20-21-23(18)3)22(2)12-17(25)13-24-10-8-15-6-4-5-7-16(15)9-11-24/h4-7,14,17,25H,8-13H2,1-3H3/t14-,17-/m0/s1. The zero-order valence-corrected chi connectivity index (χ0v) is 15.3. The summed E-state index contributed by atoms with van der Waals surface area (Å²) < 4.78 is 1.68. The van der Waals surface area contributed by atoms with Gasteiger partial charge in [-0.15, -0.1) is 5.10 Å². The van der Waals surface area contributed by atoms with Crippen LogP contribution >= 0.6 is 0 Å². The largest absolute Gasteiger partial charge is 0.390 e. The van der Waals surface area contributed by atoms with Crippen molar-refractivity contribution in [2.24, 2.45) is 7.05 Å². The molecular formula is C18H28N6O. The van der Waals surface area contributed by atoms with Crippen molar-refractivity contribution < 1.29 is 5.11 Å². The summed E-state index contributed by atoms with van der Waals surface area (Å²) in [6, 6.07) is 8.73.